The van der Waals surface area contributed by atoms with E-state index in [-0.39, 0.29) is 31.1 Å². The van der Waals surface area contributed by atoms with Crippen molar-refractivity contribution in [3.8, 4) is 0 Å². The Balaban J connectivity index is 4.34. The third-order valence-corrected chi connectivity index (χ3v) is 8.47. The third kappa shape index (κ3) is 33.6. The Bertz CT molecular complexity index is 689. The van der Waals surface area contributed by atoms with Crippen molar-refractivity contribution in [3.05, 3.63) is 0 Å². The van der Waals surface area contributed by atoms with E-state index in [9.17, 15) is 14.4 Å². The molecule has 0 aliphatic heterocycles. The molecule has 0 bridgehead atoms. The molecule has 0 aromatic carbocycles. The largest absolute Gasteiger partial charge is 0.462 e. The molecular formula is C39H74O6. The number of esters is 3. The summed E-state index contributed by atoms with van der Waals surface area (Å²) in [5, 5.41) is 0. The summed E-state index contributed by atoms with van der Waals surface area (Å²) in [6.07, 6.45) is 26.9. The summed E-state index contributed by atoms with van der Waals surface area (Å²) >= 11 is 0. The first-order valence-electron chi connectivity index (χ1n) is 19.2. The Labute approximate surface area is 278 Å². The summed E-state index contributed by atoms with van der Waals surface area (Å²) in [6.45, 7) is 11.2. The fraction of sp³-hybridized carbons (Fsp3) is 0.923. The third-order valence-electron chi connectivity index (χ3n) is 8.47. The molecule has 0 heterocycles. The van der Waals surface area contributed by atoms with E-state index in [4.69, 9.17) is 14.2 Å². The van der Waals surface area contributed by atoms with Crippen LogP contribution < -0.4 is 0 Å². The Morgan fingerprint density at radius 1 is 0.422 bits per heavy atom. The lowest BCUT2D eigenvalue weighted by atomic mass is 10.0. The highest BCUT2D eigenvalue weighted by atomic mass is 16.6. The zero-order valence-electron chi connectivity index (χ0n) is 30.5. The van der Waals surface area contributed by atoms with Crippen LogP contribution in [-0.4, -0.2) is 37.2 Å². The van der Waals surface area contributed by atoms with Gasteiger partial charge in [0.2, 0.25) is 0 Å². The number of hydrogen-bond donors (Lipinski definition) is 0. The first kappa shape index (κ1) is 43.4. The van der Waals surface area contributed by atoms with E-state index in [1.807, 2.05) is 0 Å². The normalized spacial score (nSPS) is 12.1. The standard InChI is InChI=1S/C39H74O6/c1-6-7-8-9-12-19-24-29-37(40)43-32-36(45-39(42)31-26-21-16-15-18-23-28-35(4)5)33-44-38(41)30-25-20-14-11-10-13-17-22-27-34(2)3/h34-36H,6-33H2,1-5H3/t36-/m1/s1. The molecule has 0 amide bonds. The van der Waals surface area contributed by atoms with Gasteiger partial charge in [0, 0.05) is 19.3 Å². The van der Waals surface area contributed by atoms with E-state index >= 15 is 0 Å². The molecule has 0 rings (SSSR count). The highest BCUT2D eigenvalue weighted by Gasteiger charge is 2.19. The molecule has 266 valence electrons. The summed E-state index contributed by atoms with van der Waals surface area (Å²) in [7, 11) is 0. The summed E-state index contributed by atoms with van der Waals surface area (Å²) in [5.74, 6) is 0.675. The van der Waals surface area contributed by atoms with E-state index < -0.39 is 6.10 Å². The zero-order chi connectivity index (χ0) is 33.4. The van der Waals surface area contributed by atoms with Crippen LogP contribution in [-0.2, 0) is 28.6 Å². The predicted octanol–water partition coefficient (Wildman–Crippen LogP) is 11.5. The first-order valence-corrected chi connectivity index (χ1v) is 19.2. The van der Waals surface area contributed by atoms with Crippen molar-refractivity contribution < 1.29 is 28.6 Å². The van der Waals surface area contributed by atoms with Crippen LogP contribution in [0.1, 0.15) is 202 Å². The van der Waals surface area contributed by atoms with E-state index in [2.05, 4.69) is 34.6 Å². The number of hydrogen-bond acceptors (Lipinski definition) is 6. The number of carbonyl (C=O) groups excluding carboxylic acids is 3. The van der Waals surface area contributed by atoms with Crippen LogP contribution in [0.2, 0.25) is 0 Å². The molecule has 1 atom stereocenters. The monoisotopic (exact) mass is 639 g/mol. The molecular weight excluding hydrogens is 564 g/mol. The maximum atomic E-state index is 12.6. The molecule has 0 N–H and O–H groups in total. The maximum Gasteiger partial charge on any atom is 0.306 e. The van der Waals surface area contributed by atoms with E-state index in [1.165, 1.54) is 89.9 Å². The van der Waals surface area contributed by atoms with Gasteiger partial charge in [-0.1, -0.05) is 163 Å². The van der Waals surface area contributed by atoms with Gasteiger partial charge in [-0.05, 0) is 31.1 Å². The van der Waals surface area contributed by atoms with Crippen molar-refractivity contribution in [2.24, 2.45) is 11.8 Å². The highest BCUT2D eigenvalue weighted by molar-refractivity contribution is 5.71. The van der Waals surface area contributed by atoms with E-state index in [0.29, 0.717) is 19.3 Å². The van der Waals surface area contributed by atoms with Crippen molar-refractivity contribution in [2.75, 3.05) is 13.2 Å². The van der Waals surface area contributed by atoms with Gasteiger partial charge in [0.05, 0.1) is 0 Å². The molecule has 0 unspecified atom stereocenters. The molecule has 0 aromatic rings. The van der Waals surface area contributed by atoms with Crippen LogP contribution in [0.25, 0.3) is 0 Å². The summed E-state index contributed by atoms with van der Waals surface area (Å²) < 4.78 is 16.5. The van der Waals surface area contributed by atoms with Crippen molar-refractivity contribution in [1.82, 2.24) is 0 Å². The van der Waals surface area contributed by atoms with Gasteiger partial charge in [-0.3, -0.25) is 14.4 Å². The number of rotatable bonds is 33. The lowest BCUT2D eigenvalue weighted by Crippen LogP contribution is -2.30. The van der Waals surface area contributed by atoms with E-state index in [1.54, 1.807) is 0 Å². The van der Waals surface area contributed by atoms with Crippen molar-refractivity contribution in [2.45, 2.75) is 208 Å². The average Bonchev–Trinajstić information content (AvgIpc) is 2.99. The molecule has 0 aromatic heterocycles. The Hall–Kier alpha value is -1.59. The first-order chi connectivity index (χ1) is 21.7. The van der Waals surface area contributed by atoms with Crippen LogP contribution >= 0.6 is 0 Å². The van der Waals surface area contributed by atoms with Gasteiger partial charge >= 0.3 is 17.9 Å². The van der Waals surface area contributed by atoms with Gasteiger partial charge in [-0.25, -0.2) is 0 Å². The second-order valence-electron chi connectivity index (χ2n) is 14.2. The number of ether oxygens (including phenoxy) is 3. The van der Waals surface area contributed by atoms with Crippen molar-refractivity contribution in [3.63, 3.8) is 0 Å². The molecule has 0 spiro atoms. The fourth-order valence-electron chi connectivity index (χ4n) is 5.52. The van der Waals surface area contributed by atoms with Crippen molar-refractivity contribution >= 4 is 17.9 Å². The van der Waals surface area contributed by atoms with Crippen molar-refractivity contribution in [1.29, 1.82) is 0 Å². The molecule has 6 heteroatoms. The SMILES string of the molecule is CCCCCCCCCC(=O)OC[C@H](COC(=O)CCCCCCCCCCC(C)C)OC(=O)CCCCCCCCC(C)C. The van der Waals surface area contributed by atoms with Crippen LogP contribution in [0.15, 0.2) is 0 Å². The molecule has 0 saturated heterocycles. The lowest BCUT2D eigenvalue weighted by Gasteiger charge is -2.18. The van der Waals surface area contributed by atoms with Gasteiger partial charge in [0.15, 0.2) is 6.10 Å². The molecule has 0 saturated carbocycles. The highest BCUT2D eigenvalue weighted by Crippen LogP contribution is 2.15. The molecule has 6 nitrogen and oxygen atoms in total. The molecule has 0 fully saturated rings. The van der Waals surface area contributed by atoms with Crippen LogP contribution in [0, 0.1) is 11.8 Å². The topological polar surface area (TPSA) is 78.9 Å². The number of carbonyl (C=O) groups is 3. The Morgan fingerprint density at radius 3 is 1.09 bits per heavy atom. The summed E-state index contributed by atoms with van der Waals surface area (Å²) in [6, 6.07) is 0. The minimum absolute atomic E-state index is 0.0679. The predicted molar refractivity (Wildman–Crippen MR) is 187 cm³/mol. The Morgan fingerprint density at radius 2 is 0.733 bits per heavy atom. The molecule has 0 aliphatic carbocycles. The second-order valence-corrected chi connectivity index (χ2v) is 14.2. The summed E-state index contributed by atoms with van der Waals surface area (Å²) in [4.78, 5) is 37.3. The van der Waals surface area contributed by atoms with Crippen LogP contribution in [0.5, 0.6) is 0 Å². The molecule has 0 radical (unpaired) electrons. The molecule has 0 aliphatic rings. The van der Waals surface area contributed by atoms with Crippen LogP contribution in [0.3, 0.4) is 0 Å². The zero-order valence-corrected chi connectivity index (χ0v) is 30.5. The smallest absolute Gasteiger partial charge is 0.306 e. The fourth-order valence-corrected chi connectivity index (χ4v) is 5.52. The minimum atomic E-state index is -0.758. The maximum absolute atomic E-state index is 12.6. The van der Waals surface area contributed by atoms with Gasteiger partial charge < -0.3 is 14.2 Å². The van der Waals surface area contributed by atoms with Gasteiger partial charge in [-0.15, -0.1) is 0 Å². The average molecular weight is 639 g/mol. The van der Waals surface area contributed by atoms with Gasteiger partial charge in [0.25, 0.3) is 0 Å². The lowest BCUT2D eigenvalue weighted by molar-refractivity contribution is -0.167. The number of unbranched alkanes of at least 4 members (excludes halogenated alkanes) is 18. The van der Waals surface area contributed by atoms with E-state index in [0.717, 1.165) is 69.6 Å². The van der Waals surface area contributed by atoms with Gasteiger partial charge in [0.1, 0.15) is 13.2 Å². The quantitative estimate of drug-likeness (QED) is 0.0404. The Kier molecular flexibility index (Phi) is 31.2. The second kappa shape index (κ2) is 32.4. The van der Waals surface area contributed by atoms with Crippen LogP contribution in [0.4, 0.5) is 0 Å². The molecule has 45 heavy (non-hydrogen) atoms. The van der Waals surface area contributed by atoms with Gasteiger partial charge in [-0.2, -0.15) is 0 Å². The summed E-state index contributed by atoms with van der Waals surface area (Å²) in [5.41, 5.74) is 0. The minimum Gasteiger partial charge on any atom is -0.462 e.